The molecular weight excluding hydrogens is 394 g/mol. The van der Waals surface area contributed by atoms with Crippen molar-refractivity contribution >= 4 is 5.91 Å². The minimum Gasteiger partial charge on any atom is -0.353 e. The molecule has 0 aliphatic carbocycles. The molecule has 0 aliphatic heterocycles. The Hall–Kier alpha value is -3.76. The molecule has 1 unspecified atom stereocenters. The number of aromatic nitrogens is 1. The van der Waals surface area contributed by atoms with Gasteiger partial charge in [0.05, 0.1) is 5.69 Å². The summed E-state index contributed by atoms with van der Waals surface area (Å²) in [5.74, 6) is 0.0255. The van der Waals surface area contributed by atoms with Crippen molar-refractivity contribution in [1.82, 2.24) is 15.6 Å². The third kappa shape index (κ3) is 5.68. The van der Waals surface area contributed by atoms with Gasteiger partial charge in [0, 0.05) is 25.2 Å². The van der Waals surface area contributed by atoms with Gasteiger partial charge in [-0.2, -0.15) is 0 Å². The zero-order valence-corrected chi connectivity index (χ0v) is 17.9. The van der Waals surface area contributed by atoms with Gasteiger partial charge in [0.2, 0.25) is 5.91 Å². The zero-order chi connectivity index (χ0) is 22.0. The predicted molar refractivity (Wildman–Crippen MR) is 128 cm³/mol. The predicted octanol–water partition coefficient (Wildman–Crippen LogP) is 4.86. The number of pyridine rings is 1. The highest BCUT2D eigenvalue weighted by Gasteiger charge is 2.22. The number of hydrogen-bond donors (Lipinski definition) is 2. The average Bonchev–Trinajstić information content (AvgIpc) is 2.87. The monoisotopic (exact) mass is 421 g/mol. The number of benzene rings is 3. The lowest BCUT2D eigenvalue weighted by Gasteiger charge is -2.22. The smallest absolute Gasteiger partial charge is 0.241 e. The van der Waals surface area contributed by atoms with E-state index in [4.69, 9.17) is 0 Å². The third-order valence-electron chi connectivity index (χ3n) is 5.49. The van der Waals surface area contributed by atoms with E-state index in [1.54, 1.807) is 6.20 Å². The molecule has 3 aromatic carbocycles. The van der Waals surface area contributed by atoms with Crippen molar-refractivity contribution < 1.29 is 4.79 Å². The van der Waals surface area contributed by atoms with E-state index in [0.717, 1.165) is 11.3 Å². The van der Waals surface area contributed by atoms with E-state index >= 15 is 0 Å². The van der Waals surface area contributed by atoms with Gasteiger partial charge in [0.1, 0.15) is 6.04 Å². The number of nitrogens with one attached hydrogen (secondary N) is 2. The lowest BCUT2D eigenvalue weighted by atomic mass is 9.91. The minimum atomic E-state index is -0.467. The van der Waals surface area contributed by atoms with Gasteiger partial charge in [-0.15, -0.1) is 0 Å². The topological polar surface area (TPSA) is 54.0 Å². The minimum absolute atomic E-state index is 0.0519. The highest BCUT2D eigenvalue weighted by atomic mass is 16.2. The van der Waals surface area contributed by atoms with E-state index in [-0.39, 0.29) is 11.8 Å². The maximum Gasteiger partial charge on any atom is 0.241 e. The van der Waals surface area contributed by atoms with Crippen LogP contribution >= 0.6 is 0 Å². The molecular formula is C28H27N3O. The fraction of sp³-hybridized carbons (Fsp3) is 0.143. The van der Waals surface area contributed by atoms with E-state index < -0.39 is 6.04 Å². The van der Waals surface area contributed by atoms with Crippen molar-refractivity contribution in [2.24, 2.45) is 0 Å². The largest absolute Gasteiger partial charge is 0.353 e. The summed E-state index contributed by atoms with van der Waals surface area (Å²) in [7, 11) is 0. The summed E-state index contributed by atoms with van der Waals surface area (Å²) >= 11 is 0. The summed E-state index contributed by atoms with van der Waals surface area (Å²) < 4.78 is 0. The number of carbonyl (C=O) groups is 1. The van der Waals surface area contributed by atoms with Crippen molar-refractivity contribution in [3.8, 4) is 0 Å². The van der Waals surface area contributed by atoms with Gasteiger partial charge >= 0.3 is 0 Å². The van der Waals surface area contributed by atoms with E-state index in [1.165, 1.54) is 11.1 Å². The lowest BCUT2D eigenvalue weighted by Crippen LogP contribution is -2.39. The molecule has 4 aromatic rings. The summed E-state index contributed by atoms with van der Waals surface area (Å²) in [6, 6.07) is 35.7. The van der Waals surface area contributed by atoms with Crippen molar-refractivity contribution in [1.29, 1.82) is 0 Å². The van der Waals surface area contributed by atoms with Crippen LogP contribution in [0.25, 0.3) is 0 Å². The molecule has 0 saturated heterocycles. The van der Waals surface area contributed by atoms with Gasteiger partial charge in [-0.1, -0.05) is 97.1 Å². The van der Waals surface area contributed by atoms with E-state index in [9.17, 15) is 4.79 Å². The first kappa shape index (κ1) is 21.5. The van der Waals surface area contributed by atoms with Crippen LogP contribution in [0.1, 0.15) is 34.3 Å². The molecule has 1 amide bonds. The van der Waals surface area contributed by atoms with Gasteiger partial charge < -0.3 is 5.32 Å². The Balaban J connectivity index is 1.51. The number of amides is 1. The Morgan fingerprint density at radius 1 is 0.688 bits per heavy atom. The van der Waals surface area contributed by atoms with Crippen LogP contribution in [-0.2, 0) is 11.3 Å². The Kier molecular flexibility index (Phi) is 7.40. The summed E-state index contributed by atoms with van der Waals surface area (Å²) in [6.45, 7) is 1.02. The normalized spacial score (nSPS) is 11.8. The molecule has 4 rings (SSSR count). The Morgan fingerprint density at radius 3 is 1.75 bits per heavy atom. The van der Waals surface area contributed by atoms with Crippen molar-refractivity contribution in [3.63, 3.8) is 0 Å². The van der Waals surface area contributed by atoms with Crippen LogP contribution in [0.3, 0.4) is 0 Å². The van der Waals surface area contributed by atoms with Gasteiger partial charge in [0.15, 0.2) is 0 Å². The quantitative estimate of drug-likeness (QED) is 0.406. The molecule has 4 nitrogen and oxygen atoms in total. The first-order valence-corrected chi connectivity index (χ1v) is 10.9. The molecule has 32 heavy (non-hydrogen) atoms. The molecule has 4 heteroatoms. The van der Waals surface area contributed by atoms with Crippen LogP contribution in [0.4, 0.5) is 0 Å². The molecule has 0 spiro atoms. The van der Waals surface area contributed by atoms with E-state index in [2.05, 4.69) is 39.9 Å². The van der Waals surface area contributed by atoms with Crippen molar-refractivity contribution in [3.05, 3.63) is 138 Å². The Labute approximate surface area is 189 Å². The van der Waals surface area contributed by atoms with Crippen LogP contribution in [0.15, 0.2) is 115 Å². The maximum atomic E-state index is 13.3. The van der Waals surface area contributed by atoms with Crippen molar-refractivity contribution in [2.75, 3.05) is 6.54 Å². The molecule has 1 aromatic heterocycles. The lowest BCUT2D eigenvalue weighted by molar-refractivity contribution is -0.123. The Morgan fingerprint density at radius 2 is 1.22 bits per heavy atom. The number of carbonyl (C=O) groups excluding carboxylic acids is 1. The van der Waals surface area contributed by atoms with Gasteiger partial charge in [0.25, 0.3) is 0 Å². The molecule has 0 saturated carbocycles. The number of nitrogens with zero attached hydrogens (tertiary/aromatic N) is 1. The molecule has 0 aliphatic rings. The second-order valence-electron chi connectivity index (χ2n) is 7.66. The highest BCUT2D eigenvalue weighted by molar-refractivity contribution is 5.83. The van der Waals surface area contributed by atoms with E-state index in [0.29, 0.717) is 13.1 Å². The summed E-state index contributed by atoms with van der Waals surface area (Å²) in [6.07, 6.45) is 1.76. The zero-order valence-electron chi connectivity index (χ0n) is 17.9. The molecule has 1 heterocycles. The fourth-order valence-electron chi connectivity index (χ4n) is 3.82. The van der Waals surface area contributed by atoms with Crippen molar-refractivity contribution in [2.45, 2.75) is 18.5 Å². The summed E-state index contributed by atoms with van der Waals surface area (Å²) in [4.78, 5) is 17.7. The Bertz CT molecular complexity index is 1050. The highest BCUT2D eigenvalue weighted by Crippen LogP contribution is 2.24. The second kappa shape index (κ2) is 11.0. The van der Waals surface area contributed by atoms with E-state index in [1.807, 2.05) is 84.9 Å². The first-order chi connectivity index (χ1) is 15.8. The molecule has 2 N–H and O–H groups in total. The summed E-state index contributed by atoms with van der Waals surface area (Å²) in [5, 5.41) is 6.57. The van der Waals surface area contributed by atoms with Gasteiger partial charge in [-0.05, 0) is 28.8 Å². The average molecular weight is 422 g/mol. The van der Waals surface area contributed by atoms with Gasteiger partial charge in [-0.25, -0.2) is 0 Å². The number of hydrogen-bond acceptors (Lipinski definition) is 3. The van der Waals surface area contributed by atoms with Crippen LogP contribution in [0.5, 0.6) is 0 Å². The molecule has 160 valence electrons. The summed E-state index contributed by atoms with van der Waals surface area (Å²) in [5.41, 5.74) is 4.18. The molecule has 0 fully saturated rings. The van der Waals surface area contributed by atoms with Crippen LogP contribution < -0.4 is 10.6 Å². The second-order valence-corrected chi connectivity index (χ2v) is 7.66. The standard InChI is InChI=1S/C28H27N3O/c32-28(27(24-16-8-3-9-17-24)30-20-25-18-10-11-19-29-25)31-21-26(22-12-4-1-5-13-22)23-14-6-2-7-15-23/h1-19,26-27,30H,20-21H2,(H,31,32). The first-order valence-electron chi connectivity index (χ1n) is 10.9. The molecule has 0 bridgehead atoms. The maximum absolute atomic E-state index is 13.3. The SMILES string of the molecule is O=C(NCC(c1ccccc1)c1ccccc1)C(NCc1ccccn1)c1ccccc1. The van der Waals surface area contributed by atoms with Gasteiger partial charge in [-0.3, -0.25) is 15.1 Å². The van der Waals surface area contributed by atoms with Crippen LogP contribution in [-0.4, -0.2) is 17.4 Å². The molecule has 1 atom stereocenters. The molecule has 0 radical (unpaired) electrons. The third-order valence-corrected chi connectivity index (χ3v) is 5.49. The van der Waals surface area contributed by atoms with Crippen LogP contribution in [0.2, 0.25) is 0 Å². The van der Waals surface area contributed by atoms with Crippen LogP contribution in [0, 0.1) is 0 Å². The number of rotatable bonds is 9. The fourth-order valence-corrected chi connectivity index (χ4v) is 3.82.